The minimum Gasteiger partial charge on any atom is -0.489 e. The van der Waals surface area contributed by atoms with Crippen LogP contribution in [-0.4, -0.2) is 4.98 Å². The second-order valence-electron chi connectivity index (χ2n) is 4.33. The van der Waals surface area contributed by atoms with Gasteiger partial charge in [-0.25, -0.2) is 0 Å². The SMILES string of the molecule is Nc1cccc2[nH]cc(COc3ccc(Cl)cc3)c12. The van der Waals surface area contributed by atoms with Crippen LogP contribution in [0.4, 0.5) is 5.69 Å². The summed E-state index contributed by atoms with van der Waals surface area (Å²) in [6.45, 7) is 0.468. The van der Waals surface area contributed by atoms with Gasteiger partial charge < -0.3 is 15.5 Å². The van der Waals surface area contributed by atoms with Gasteiger partial charge in [0.25, 0.3) is 0 Å². The number of hydrogen-bond donors (Lipinski definition) is 2. The molecule has 0 unspecified atom stereocenters. The molecule has 0 saturated heterocycles. The van der Waals surface area contributed by atoms with Gasteiger partial charge in [-0.2, -0.15) is 0 Å². The molecule has 3 rings (SSSR count). The molecule has 0 aliphatic rings. The van der Waals surface area contributed by atoms with Crippen molar-refractivity contribution >= 4 is 28.2 Å². The van der Waals surface area contributed by atoms with Crippen LogP contribution in [0.1, 0.15) is 5.56 Å². The first kappa shape index (κ1) is 11.9. The van der Waals surface area contributed by atoms with E-state index in [9.17, 15) is 0 Å². The van der Waals surface area contributed by atoms with E-state index in [0.717, 1.165) is 27.9 Å². The van der Waals surface area contributed by atoms with Gasteiger partial charge in [0.2, 0.25) is 0 Å². The fourth-order valence-electron chi connectivity index (χ4n) is 2.09. The predicted molar refractivity (Wildman–Crippen MR) is 78.5 cm³/mol. The van der Waals surface area contributed by atoms with Crippen molar-refractivity contribution in [1.82, 2.24) is 4.98 Å². The zero-order valence-corrected chi connectivity index (χ0v) is 10.9. The predicted octanol–water partition coefficient (Wildman–Crippen LogP) is 3.98. The summed E-state index contributed by atoms with van der Waals surface area (Å²) in [6.07, 6.45) is 1.93. The third kappa shape index (κ3) is 2.37. The van der Waals surface area contributed by atoms with E-state index in [4.69, 9.17) is 22.1 Å². The number of rotatable bonds is 3. The molecule has 19 heavy (non-hydrogen) atoms. The number of fused-ring (bicyclic) bond motifs is 1. The van der Waals surface area contributed by atoms with Gasteiger partial charge in [0.15, 0.2) is 0 Å². The molecule has 0 saturated carbocycles. The van der Waals surface area contributed by atoms with Crippen molar-refractivity contribution in [3.05, 3.63) is 59.2 Å². The summed E-state index contributed by atoms with van der Waals surface area (Å²) >= 11 is 5.83. The molecule has 1 aromatic heterocycles. The van der Waals surface area contributed by atoms with E-state index < -0.39 is 0 Å². The highest BCUT2D eigenvalue weighted by atomic mass is 35.5. The quantitative estimate of drug-likeness (QED) is 0.709. The Balaban J connectivity index is 1.84. The zero-order chi connectivity index (χ0) is 13.2. The van der Waals surface area contributed by atoms with E-state index in [1.54, 1.807) is 12.1 Å². The van der Waals surface area contributed by atoms with E-state index in [-0.39, 0.29) is 0 Å². The average molecular weight is 273 g/mol. The summed E-state index contributed by atoms with van der Waals surface area (Å²) < 4.78 is 5.73. The van der Waals surface area contributed by atoms with Gasteiger partial charge >= 0.3 is 0 Å². The molecule has 0 aliphatic carbocycles. The van der Waals surface area contributed by atoms with Gasteiger partial charge in [-0.3, -0.25) is 0 Å². The first-order valence-corrected chi connectivity index (χ1v) is 6.34. The fraction of sp³-hybridized carbons (Fsp3) is 0.0667. The molecule has 0 fully saturated rings. The normalized spacial score (nSPS) is 10.8. The molecule has 3 N–H and O–H groups in total. The van der Waals surface area contributed by atoms with E-state index in [1.165, 1.54) is 0 Å². The minimum atomic E-state index is 0.468. The summed E-state index contributed by atoms with van der Waals surface area (Å²) in [7, 11) is 0. The van der Waals surface area contributed by atoms with Crippen molar-refractivity contribution in [3.63, 3.8) is 0 Å². The average Bonchev–Trinajstić information content (AvgIpc) is 2.83. The number of ether oxygens (including phenoxy) is 1. The number of H-pyrrole nitrogens is 1. The molecule has 4 heteroatoms. The second-order valence-corrected chi connectivity index (χ2v) is 4.76. The number of nitrogens with two attached hydrogens (primary N) is 1. The Bertz CT molecular complexity index is 704. The largest absolute Gasteiger partial charge is 0.489 e. The topological polar surface area (TPSA) is 51.0 Å². The van der Waals surface area contributed by atoms with E-state index >= 15 is 0 Å². The molecule has 0 spiro atoms. The Hall–Kier alpha value is -2.13. The third-order valence-corrected chi connectivity index (χ3v) is 3.28. The number of hydrogen-bond acceptors (Lipinski definition) is 2. The van der Waals surface area contributed by atoms with E-state index in [2.05, 4.69) is 4.98 Å². The Morgan fingerprint density at radius 3 is 2.68 bits per heavy atom. The van der Waals surface area contributed by atoms with Crippen LogP contribution in [0.3, 0.4) is 0 Å². The summed E-state index contributed by atoms with van der Waals surface area (Å²) in [5.74, 6) is 0.785. The molecule has 0 aliphatic heterocycles. The molecule has 2 aromatic carbocycles. The summed E-state index contributed by atoms with van der Waals surface area (Å²) in [4.78, 5) is 3.19. The van der Waals surface area contributed by atoms with Gasteiger partial charge in [0.05, 0.1) is 0 Å². The lowest BCUT2D eigenvalue weighted by atomic mass is 10.1. The summed E-state index contributed by atoms with van der Waals surface area (Å²) in [5, 5.41) is 1.72. The first-order chi connectivity index (χ1) is 9.24. The zero-order valence-electron chi connectivity index (χ0n) is 10.2. The molecule has 3 aromatic rings. The Morgan fingerprint density at radius 2 is 1.89 bits per heavy atom. The monoisotopic (exact) mass is 272 g/mol. The molecule has 0 atom stereocenters. The van der Waals surface area contributed by atoms with Crippen molar-refractivity contribution in [2.24, 2.45) is 0 Å². The van der Waals surface area contributed by atoms with E-state index in [0.29, 0.717) is 11.6 Å². The van der Waals surface area contributed by atoms with E-state index in [1.807, 2.05) is 36.5 Å². The van der Waals surface area contributed by atoms with Crippen LogP contribution in [0.25, 0.3) is 10.9 Å². The molecular weight excluding hydrogens is 260 g/mol. The lowest BCUT2D eigenvalue weighted by Gasteiger charge is -2.06. The number of nitrogen functional groups attached to an aromatic ring is 1. The highest BCUT2D eigenvalue weighted by Crippen LogP contribution is 2.25. The number of aromatic nitrogens is 1. The van der Waals surface area contributed by atoms with Gasteiger partial charge in [-0.05, 0) is 36.4 Å². The van der Waals surface area contributed by atoms with Crippen molar-refractivity contribution in [3.8, 4) is 5.75 Å². The maximum atomic E-state index is 6.00. The second kappa shape index (κ2) is 4.86. The molecule has 1 heterocycles. The van der Waals surface area contributed by atoms with Gasteiger partial charge in [0, 0.05) is 33.4 Å². The molecular formula is C15H13ClN2O. The fourth-order valence-corrected chi connectivity index (χ4v) is 2.22. The minimum absolute atomic E-state index is 0.468. The maximum absolute atomic E-state index is 6.00. The van der Waals surface area contributed by atoms with Crippen LogP contribution in [0.2, 0.25) is 5.02 Å². The summed E-state index contributed by atoms with van der Waals surface area (Å²) in [5.41, 5.74) is 8.82. The molecule has 0 radical (unpaired) electrons. The van der Waals surface area contributed by atoms with Crippen LogP contribution >= 0.6 is 11.6 Å². The highest BCUT2D eigenvalue weighted by Gasteiger charge is 2.07. The lowest BCUT2D eigenvalue weighted by molar-refractivity contribution is 0.307. The van der Waals surface area contributed by atoms with Gasteiger partial charge in [-0.15, -0.1) is 0 Å². The van der Waals surface area contributed by atoms with Crippen LogP contribution < -0.4 is 10.5 Å². The van der Waals surface area contributed by atoms with Crippen LogP contribution in [0.15, 0.2) is 48.7 Å². The van der Waals surface area contributed by atoms with Crippen LogP contribution in [0, 0.1) is 0 Å². The molecule has 3 nitrogen and oxygen atoms in total. The number of halogens is 1. The van der Waals surface area contributed by atoms with Crippen molar-refractivity contribution in [2.45, 2.75) is 6.61 Å². The van der Waals surface area contributed by atoms with Crippen LogP contribution in [-0.2, 0) is 6.61 Å². The van der Waals surface area contributed by atoms with Crippen molar-refractivity contribution in [1.29, 1.82) is 0 Å². The molecule has 0 bridgehead atoms. The van der Waals surface area contributed by atoms with Gasteiger partial charge in [-0.1, -0.05) is 17.7 Å². The van der Waals surface area contributed by atoms with Crippen LogP contribution in [0.5, 0.6) is 5.75 Å². The maximum Gasteiger partial charge on any atom is 0.119 e. The Morgan fingerprint density at radius 1 is 1.11 bits per heavy atom. The molecule has 96 valence electrons. The number of benzene rings is 2. The summed E-state index contributed by atoms with van der Waals surface area (Å²) in [6, 6.07) is 13.1. The Labute approximate surface area is 116 Å². The smallest absolute Gasteiger partial charge is 0.119 e. The Kier molecular flexibility index (Phi) is 3.05. The lowest BCUT2D eigenvalue weighted by Crippen LogP contribution is -1.95. The number of anilines is 1. The first-order valence-electron chi connectivity index (χ1n) is 5.97. The third-order valence-electron chi connectivity index (χ3n) is 3.03. The number of aromatic amines is 1. The van der Waals surface area contributed by atoms with Gasteiger partial charge in [0.1, 0.15) is 12.4 Å². The number of nitrogens with one attached hydrogen (secondary N) is 1. The van der Waals surface area contributed by atoms with Crippen molar-refractivity contribution < 1.29 is 4.74 Å². The standard InChI is InChI=1S/C15H13ClN2O/c16-11-4-6-12(7-5-11)19-9-10-8-18-14-3-1-2-13(17)15(10)14/h1-8,18H,9,17H2. The van der Waals surface area contributed by atoms with Crippen molar-refractivity contribution in [2.75, 3.05) is 5.73 Å². The molecule has 0 amide bonds. The highest BCUT2D eigenvalue weighted by molar-refractivity contribution is 6.30.